The highest BCUT2D eigenvalue weighted by Gasteiger charge is 2.20. The van der Waals surface area contributed by atoms with Crippen LogP contribution in [-0.2, 0) is 11.2 Å². The maximum absolute atomic E-state index is 12.3. The summed E-state index contributed by atoms with van der Waals surface area (Å²) in [5.74, 6) is 3.00. The first-order valence-electron chi connectivity index (χ1n) is 8.52. The van der Waals surface area contributed by atoms with Crippen LogP contribution in [0.25, 0.3) is 11.3 Å². The minimum atomic E-state index is 0.197. The molecule has 24 heavy (non-hydrogen) atoms. The number of oxazole rings is 1. The van der Waals surface area contributed by atoms with Crippen molar-refractivity contribution in [1.82, 2.24) is 9.88 Å². The maximum Gasteiger partial charge on any atom is 0.223 e. The smallest absolute Gasteiger partial charge is 0.223 e. The van der Waals surface area contributed by atoms with E-state index in [4.69, 9.17) is 9.15 Å². The number of methoxy groups -OCH3 is 1. The van der Waals surface area contributed by atoms with Crippen LogP contribution in [0.15, 0.2) is 34.9 Å². The number of piperidine rings is 1. The van der Waals surface area contributed by atoms with E-state index in [9.17, 15) is 4.79 Å². The Kier molecular flexibility index (Phi) is 5.18. The zero-order valence-corrected chi connectivity index (χ0v) is 14.3. The molecule has 2 aromatic rings. The van der Waals surface area contributed by atoms with Crippen LogP contribution in [0.1, 0.15) is 32.1 Å². The summed E-state index contributed by atoms with van der Waals surface area (Å²) >= 11 is 0. The van der Waals surface area contributed by atoms with Crippen molar-refractivity contribution in [3.63, 3.8) is 0 Å². The second-order valence-electron chi connectivity index (χ2n) is 6.41. The third kappa shape index (κ3) is 3.96. The van der Waals surface area contributed by atoms with Gasteiger partial charge in [-0.1, -0.05) is 19.1 Å². The molecule has 1 amide bonds. The van der Waals surface area contributed by atoms with Crippen LogP contribution in [0.3, 0.4) is 0 Å². The van der Waals surface area contributed by atoms with Crippen LogP contribution in [0.2, 0.25) is 0 Å². The molecule has 0 radical (unpaired) electrons. The lowest BCUT2D eigenvalue weighted by Gasteiger charge is -2.30. The number of carbonyl (C=O) groups is 1. The van der Waals surface area contributed by atoms with Crippen molar-refractivity contribution in [2.45, 2.75) is 32.6 Å². The number of aromatic nitrogens is 1. The number of amides is 1. The van der Waals surface area contributed by atoms with Crippen LogP contribution in [0, 0.1) is 5.92 Å². The van der Waals surface area contributed by atoms with Gasteiger partial charge in [0, 0.05) is 31.5 Å². The van der Waals surface area contributed by atoms with E-state index >= 15 is 0 Å². The van der Waals surface area contributed by atoms with Crippen molar-refractivity contribution in [1.29, 1.82) is 0 Å². The number of nitrogens with zero attached hydrogens (tertiary/aromatic N) is 2. The third-order valence-corrected chi connectivity index (χ3v) is 4.60. The molecule has 0 bridgehead atoms. The van der Waals surface area contributed by atoms with Gasteiger partial charge in [-0.05, 0) is 30.9 Å². The fraction of sp³-hybridized carbons (Fsp3) is 0.474. The van der Waals surface area contributed by atoms with Gasteiger partial charge in [-0.3, -0.25) is 4.79 Å². The number of ether oxygens (including phenoxy) is 1. The quantitative estimate of drug-likeness (QED) is 0.842. The molecule has 0 atom stereocenters. The van der Waals surface area contributed by atoms with E-state index in [1.807, 2.05) is 29.2 Å². The summed E-state index contributed by atoms with van der Waals surface area (Å²) in [6.07, 6.45) is 4.90. The zero-order chi connectivity index (χ0) is 16.9. The average molecular weight is 328 g/mol. The summed E-state index contributed by atoms with van der Waals surface area (Å²) in [5.41, 5.74) is 0.921. The van der Waals surface area contributed by atoms with Gasteiger partial charge in [0.1, 0.15) is 5.75 Å². The number of likely N-dealkylation sites (tertiary alicyclic amines) is 1. The van der Waals surface area contributed by atoms with Gasteiger partial charge in [0.2, 0.25) is 5.91 Å². The fourth-order valence-electron chi connectivity index (χ4n) is 2.97. The molecule has 1 aliphatic rings. The minimum absolute atomic E-state index is 0.197. The average Bonchev–Trinajstić information content (AvgIpc) is 3.09. The molecule has 0 aliphatic carbocycles. The molecule has 1 fully saturated rings. The Labute approximate surface area is 142 Å². The molecular formula is C19H24N2O3. The predicted molar refractivity (Wildman–Crippen MR) is 91.8 cm³/mol. The van der Waals surface area contributed by atoms with E-state index in [0.717, 1.165) is 43.2 Å². The highest BCUT2D eigenvalue weighted by atomic mass is 16.5. The first-order chi connectivity index (χ1) is 11.7. The Balaban J connectivity index is 1.57. The zero-order valence-electron chi connectivity index (χ0n) is 14.3. The number of aryl methyl sites for hydroxylation is 1. The Morgan fingerprint density at radius 2 is 2.17 bits per heavy atom. The number of hydrogen-bond donors (Lipinski definition) is 0. The molecule has 1 aromatic heterocycles. The molecular weight excluding hydrogens is 304 g/mol. The standard InChI is InChI=1S/C19H24N2O3/c1-14-8-10-21(11-9-14)19(22)7-6-18-20-13-17(24-18)15-4-3-5-16(12-15)23-2/h3-5,12-14H,6-11H2,1-2H3. The van der Waals surface area contributed by atoms with Gasteiger partial charge in [-0.2, -0.15) is 0 Å². The highest BCUT2D eigenvalue weighted by Crippen LogP contribution is 2.25. The van der Waals surface area contributed by atoms with Crippen LogP contribution < -0.4 is 4.74 Å². The Morgan fingerprint density at radius 1 is 1.38 bits per heavy atom. The second-order valence-corrected chi connectivity index (χ2v) is 6.41. The van der Waals surface area contributed by atoms with E-state index < -0.39 is 0 Å². The molecule has 1 aliphatic heterocycles. The molecule has 5 heteroatoms. The maximum atomic E-state index is 12.3. The van der Waals surface area contributed by atoms with E-state index in [1.165, 1.54) is 0 Å². The predicted octanol–water partition coefficient (Wildman–Crippen LogP) is 3.54. The van der Waals surface area contributed by atoms with Gasteiger partial charge in [0.25, 0.3) is 0 Å². The van der Waals surface area contributed by atoms with Crippen LogP contribution in [0.4, 0.5) is 0 Å². The molecule has 0 N–H and O–H groups in total. The molecule has 2 heterocycles. The van der Waals surface area contributed by atoms with Crippen LogP contribution >= 0.6 is 0 Å². The van der Waals surface area contributed by atoms with Crippen molar-refractivity contribution in [3.05, 3.63) is 36.4 Å². The van der Waals surface area contributed by atoms with Gasteiger partial charge in [-0.25, -0.2) is 4.98 Å². The van der Waals surface area contributed by atoms with Crippen molar-refractivity contribution in [3.8, 4) is 17.1 Å². The van der Waals surface area contributed by atoms with Crippen molar-refractivity contribution in [2.24, 2.45) is 5.92 Å². The molecule has 0 spiro atoms. The van der Waals surface area contributed by atoms with E-state index in [2.05, 4.69) is 11.9 Å². The number of carbonyl (C=O) groups excluding carboxylic acids is 1. The van der Waals surface area contributed by atoms with Gasteiger partial charge >= 0.3 is 0 Å². The molecule has 1 saturated heterocycles. The monoisotopic (exact) mass is 328 g/mol. The highest BCUT2D eigenvalue weighted by molar-refractivity contribution is 5.76. The van der Waals surface area contributed by atoms with Crippen LogP contribution in [-0.4, -0.2) is 36.0 Å². The summed E-state index contributed by atoms with van der Waals surface area (Å²) < 4.78 is 11.0. The lowest BCUT2D eigenvalue weighted by Crippen LogP contribution is -2.38. The summed E-state index contributed by atoms with van der Waals surface area (Å²) in [4.78, 5) is 18.5. The normalized spacial score (nSPS) is 15.5. The van der Waals surface area contributed by atoms with Crippen molar-refractivity contribution >= 4 is 5.91 Å². The van der Waals surface area contributed by atoms with Crippen LogP contribution in [0.5, 0.6) is 5.75 Å². The van der Waals surface area contributed by atoms with E-state index in [-0.39, 0.29) is 5.91 Å². The van der Waals surface area contributed by atoms with E-state index in [0.29, 0.717) is 24.5 Å². The largest absolute Gasteiger partial charge is 0.497 e. The molecule has 3 rings (SSSR count). The second kappa shape index (κ2) is 7.51. The Bertz CT molecular complexity index is 687. The SMILES string of the molecule is COc1cccc(-c2cnc(CCC(=O)N3CCC(C)CC3)o2)c1. The topological polar surface area (TPSA) is 55.6 Å². The molecule has 5 nitrogen and oxygen atoms in total. The molecule has 0 unspecified atom stereocenters. The van der Waals surface area contributed by atoms with Gasteiger partial charge in [0.05, 0.1) is 13.3 Å². The van der Waals surface area contributed by atoms with Gasteiger partial charge in [0.15, 0.2) is 11.7 Å². The first kappa shape index (κ1) is 16.6. The summed E-state index contributed by atoms with van der Waals surface area (Å²) in [6, 6.07) is 7.66. The first-order valence-corrected chi connectivity index (χ1v) is 8.52. The number of benzene rings is 1. The van der Waals surface area contributed by atoms with E-state index in [1.54, 1.807) is 13.3 Å². The van der Waals surface area contributed by atoms with Gasteiger partial charge in [-0.15, -0.1) is 0 Å². The lowest BCUT2D eigenvalue weighted by molar-refractivity contribution is -0.132. The van der Waals surface area contributed by atoms with Gasteiger partial charge < -0.3 is 14.1 Å². The lowest BCUT2D eigenvalue weighted by atomic mass is 9.99. The summed E-state index contributed by atoms with van der Waals surface area (Å²) in [5, 5.41) is 0. The summed E-state index contributed by atoms with van der Waals surface area (Å²) in [7, 11) is 1.64. The van der Waals surface area contributed by atoms with Crippen molar-refractivity contribution < 1.29 is 13.9 Å². The number of rotatable bonds is 5. The molecule has 128 valence electrons. The molecule has 1 aromatic carbocycles. The fourth-order valence-corrected chi connectivity index (χ4v) is 2.97. The molecule has 0 saturated carbocycles. The number of hydrogen-bond acceptors (Lipinski definition) is 4. The summed E-state index contributed by atoms with van der Waals surface area (Å²) in [6.45, 7) is 4.00. The Hall–Kier alpha value is -2.30. The third-order valence-electron chi connectivity index (χ3n) is 4.60. The minimum Gasteiger partial charge on any atom is -0.497 e. The Morgan fingerprint density at radius 3 is 2.92 bits per heavy atom. The van der Waals surface area contributed by atoms with Crippen molar-refractivity contribution in [2.75, 3.05) is 20.2 Å².